The van der Waals surface area contributed by atoms with E-state index in [0.29, 0.717) is 0 Å². The Labute approximate surface area is 48.3 Å². The molecule has 1 saturated heterocycles. The van der Waals surface area contributed by atoms with Gasteiger partial charge in [-0.1, -0.05) is 0 Å². The van der Waals surface area contributed by atoms with Gasteiger partial charge in [-0.05, 0) is 18.6 Å². The molecule has 1 radical (unpaired) electrons. The minimum Gasteiger partial charge on any atom is -0.362 e. The predicted octanol–water partition coefficient (Wildman–Crippen LogP) is -0.332. The highest BCUT2D eigenvalue weighted by atomic mass is 32.1. The van der Waals surface area contributed by atoms with E-state index in [2.05, 4.69) is 17.1 Å². The van der Waals surface area contributed by atoms with E-state index in [-0.39, 0.29) is 0 Å². The van der Waals surface area contributed by atoms with Crippen molar-refractivity contribution in [2.24, 2.45) is 0 Å². The van der Waals surface area contributed by atoms with Crippen molar-refractivity contribution in [1.82, 2.24) is 10.6 Å². The smallest absolute Gasteiger partial charge is 0.166 e. The maximum Gasteiger partial charge on any atom is 0.166 e. The van der Waals surface area contributed by atoms with E-state index in [4.69, 9.17) is 12.2 Å². The summed E-state index contributed by atoms with van der Waals surface area (Å²) >= 11 is 4.76. The van der Waals surface area contributed by atoms with Gasteiger partial charge in [0.05, 0.1) is 0 Å². The molecule has 1 fully saturated rings. The van der Waals surface area contributed by atoms with Crippen molar-refractivity contribution < 1.29 is 0 Å². The van der Waals surface area contributed by atoms with Gasteiger partial charge < -0.3 is 10.6 Å². The lowest BCUT2D eigenvalue weighted by Gasteiger charge is -2.14. The van der Waals surface area contributed by atoms with E-state index < -0.39 is 0 Å². The fraction of sp³-hybridized carbons (Fsp3) is 0.500. The summed E-state index contributed by atoms with van der Waals surface area (Å²) in [6.45, 7) is 1.82. The number of thiocarbonyl (C=S) groups is 1. The highest BCUT2D eigenvalue weighted by Gasteiger charge is 1.98. The third-order valence-corrected chi connectivity index (χ3v) is 1.10. The second kappa shape index (κ2) is 2.12. The first-order chi connectivity index (χ1) is 3.39. The average molecular weight is 115 g/mol. The average Bonchev–Trinajstić information content (AvgIpc) is 1.69. The third-order valence-electron chi connectivity index (χ3n) is 0.814. The Balaban J connectivity index is 2.25. The van der Waals surface area contributed by atoms with Crippen molar-refractivity contribution >= 4 is 17.3 Å². The highest BCUT2D eigenvalue weighted by molar-refractivity contribution is 7.80. The van der Waals surface area contributed by atoms with Gasteiger partial charge in [-0.2, -0.15) is 0 Å². The van der Waals surface area contributed by atoms with Gasteiger partial charge in [-0.25, -0.2) is 0 Å². The molecule has 1 rings (SSSR count). The van der Waals surface area contributed by atoms with Crippen molar-refractivity contribution in [1.29, 1.82) is 0 Å². The molecule has 0 aromatic heterocycles. The molecule has 0 aliphatic carbocycles. The van der Waals surface area contributed by atoms with E-state index in [1.165, 1.54) is 0 Å². The van der Waals surface area contributed by atoms with Crippen LogP contribution in [0.1, 0.15) is 0 Å². The monoisotopic (exact) mass is 115 g/mol. The van der Waals surface area contributed by atoms with Gasteiger partial charge in [0, 0.05) is 13.1 Å². The molecule has 1 heterocycles. The lowest BCUT2D eigenvalue weighted by Crippen LogP contribution is -2.42. The molecule has 2 nitrogen and oxygen atoms in total. The lowest BCUT2D eigenvalue weighted by atomic mass is 10.4. The zero-order valence-electron chi connectivity index (χ0n) is 3.90. The quantitative estimate of drug-likeness (QED) is 0.423. The molecule has 0 aromatic rings. The van der Waals surface area contributed by atoms with Crippen LogP contribution in [0.2, 0.25) is 0 Å². The number of rotatable bonds is 0. The number of hydrogen-bond acceptors (Lipinski definition) is 1. The Morgan fingerprint density at radius 3 is 2.29 bits per heavy atom. The minimum atomic E-state index is 0.766. The summed E-state index contributed by atoms with van der Waals surface area (Å²) in [6, 6.07) is 0. The normalized spacial score (nSPS) is 20.3. The molecule has 3 heteroatoms. The zero-order valence-corrected chi connectivity index (χ0v) is 4.72. The van der Waals surface area contributed by atoms with Gasteiger partial charge in [0.15, 0.2) is 5.11 Å². The van der Waals surface area contributed by atoms with Crippen LogP contribution in [0.5, 0.6) is 0 Å². The summed E-state index contributed by atoms with van der Waals surface area (Å²) in [5.74, 6) is 0. The molecule has 0 saturated carbocycles. The Morgan fingerprint density at radius 2 is 2.00 bits per heavy atom. The Kier molecular flexibility index (Phi) is 1.46. The predicted molar refractivity (Wildman–Crippen MR) is 32.9 cm³/mol. The van der Waals surface area contributed by atoms with Gasteiger partial charge in [-0.15, -0.1) is 0 Å². The minimum absolute atomic E-state index is 0.766. The molecular weight excluding hydrogens is 108 g/mol. The van der Waals surface area contributed by atoms with Crippen LogP contribution in [0.3, 0.4) is 0 Å². The largest absolute Gasteiger partial charge is 0.362 e. The summed E-state index contributed by atoms with van der Waals surface area (Å²) in [5, 5.41) is 6.66. The molecule has 0 bridgehead atoms. The van der Waals surface area contributed by atoms with E-state index in [0.717, 1.165) is 18.2 Å². The van der Waals surface area contributed by atoms with Crippen LogP contribution < -0.4 is 10.6 Å². The van der Waals surface area contributed by atoms with Crippen molar-refractivity contribution in [3.8, 4) is 0 Å². The van der Waals surface area contributed by atoms with Gasteiger partial charge >= 0.3 is 0 Å². The second-order valence-corrected chi connectivity index (χ2v) is 1.79. The van der Waals surface area contributed by atoms with Crippen LogP contribution in [0, 0.1) is 6.42 Å². The zero-order chi connectivity index (χ0) is 5.11. The van der Waals surface area contributed by atoms with Crippen LogP contribution in [0.4, 0.5) is 0 Å². The molecule has 2 N–H and O–H groups in total. The molecule has 0 atom stereocenters. The summed E-state index contributed by atoms with van der Waals surface area (Å²) < 4.78 is 0. The van der Waals surface area contributed by atoms with Crippen LogP contribution >= 0.6 is 12.2 Å². The maximum absolute atomic E-state index is 4.76. The molecule has 7 heavy (non-hydrogen) atoms. The fourth-order valence-corrected chi connectivity index (χ4v) is 0.631. The Morgan fingerprint density at radius 1 is 1.43 bits per heavy atom. The number of hydrogen-bond donors (Lipinski definition) is 2. The van der Waals surface area contributed by atoms with Gasteiger partial charge in [-0.3, -0.25) is 0 Å². The van der Waals surface area contributed by atoms with Gasteiger partial charge in [0.25, 0.3) is 0 Å². The van der Waals surface area contributed by atoms with E-state index in [1.807, 2.05) is 0 Å². The second-order valence-electron chi connectivity index (χ2n) is 1.38. The summed E-state index contributed by atoms with van der Waals surface area (Å²) in [4.78, 5) is 0. The Hall–Kier alpha value is -0.310. The maximum atomic E-state index is 4.76. The van der Waals surface area contributed by atoms with E-state index >= 15 is 0 Å². The molecule has 0 unspecified atom stereocenters. The van der Waals surface area contributed by atoms with E-state index in [1.54, 1.807) is 0 Å². The fourth-order valence-electron chi connectivity index (χ4n) is 0.464. The van der Waals surface area contributed by atoms with E-state index in [9.17, 15) is 0 Å². The molecule has 0 amide bonds. The third kappa shape index (κ3) is 1.31. The molecular formula is C4H7N2S. The molecule has 1 aliphatic rings. The number of nitrogens with one attached hydrogen (secondary N) is 2. The molecule has 0 aromatic carbocycles. The Bertz CT molecular complexity index is 73.8. The first-order valence-corrected chi connectivity index (χ1v) is 2.64. The van der Waals surface area contributed by atoms with Crippen molar-refractivity contribution in [3.05, 3.63) is 6.42 Å². The van der Waals surface area contributed by atoms with Crippen molar-refractivity contribution in [2.75, 3.05) is 13.1 Å². The summed E-state index contributed by atoms with van der Waals surface area (Å²) in [5.41, 5.74) is 0. The molecule has 39 valence electrons. The van der Waals surface area contributed by atoms with Gasteiger partial charge in [0.2, 0.25) is 0 Å². The molecule has 1 aliphatic heterocycles. The summed E-state index contributed by atoms with van der Waals surface area (Å²) in [7, 11) is 0. The SMILES string of the molecule is S=C1NC[CH]CN1. The van der Waals surface area contributed by atoms with Crippen molar-refractivity contribution in [3.63, 3.8) is 0 Å². The van der Waals surface area contributed by atoms with Gasteiger partial charge in [0.1, 0.15) is 0 Å². The van der Waals surface area contributed by atoms with Crippen LogP contribution in [0.25, 0.3) is 0 Å². The van der Waals surface area contributed by atoms with Crippen LogP contribution in [-0.4, -0.2) is 18.2 Å². The summed E-state index contributed by atoms with van der Waals surface area (Å²) in [6.07, 6.45) is 2.09. The topological polar surface area (TPSA) is 24.1 Å². The van der Waals surface area contributed by atoms with Crippen LogP contribution in [0.15, 0.2) is 0 Å². The first kappa shape index (κ1) is 4.84. The van der Waals surface area contributed by atoms with Crippen LogP contribution in [-0.2, 0) is 0 Å². The standard InChI is InChI=1S/C4H7N2S/c7-4-5-2-1-3-6-4/h1H,2-3H2,(H2,5,6,7). The molecule has 0 spiro atoms. The lowest BCUT2D eigenvalue weighted by molar-refractivity contribution is 0.804. The van der Waals surface area contributed by atoms with Crippen molar-refractivity contribution in [2.45, 2.75) is 0 Å². The highest BCUT2D eigenvalue weighted by Crippen LogP contribution is 1.78. The first-order valence-electron chi connectivity index (χ1n) is 2.23.